The molecule has 0 spiro atoms. The lowest BCUT2D eigenvalue weighted by atomic mass is 10.2. The van der Waals surface area contributed by atoms with Crippen molar-refractivity contribution in [1.82, 2.24) is 9.55 Å². The van der Waals surface area contributed by atoms with Crippen LogP contribution in [-0.2, 0) is 36.4 Å². The number of ether oxygens (including phenoxy) is 1. The van der Waals surface area contributed by atoms with E-state index in [0.717, 1.165) is 22.9 Å². The van der Waals surface area contributed by atoms with Gasteiger partial charge in [-0.1, -0.05) is 0 Å². The quantitative estimate of drug-likeness (QED) is 0.126. The standard InChI is InChI=1S/C12H18N3O15P3/c13-9(17)2-1-6-4-15(12(19)14-11(6)18)10-3-7(16)8(28-10)5-27-32(23,24)30-33(25,26)29-31(20,21)22/h1-2,4,7-8,10,16H,3,5H2,(H2,13,17)(H,23,24)(H,25,26)(H,14,18,19)(H2,20,21,22)/t7-,8+,10+/m0/s1. The molecule has 33 heavy (non-hydrogen) atoms. The summed E-state index contributed by atoms with van der Waals surface area (Å²) in [6, 6.07) is 0. The van der Waals surface area contributed by atoms with Crippen LogP contribution in [0.5, 0.6) is 0 Å². The largest absolute Gasteiger partial charge is 0.490 e. The summed E-state index contributed by atoms with van der Waals surface area (Å²) in [7, 11) is -16.7. The van der Waals surface area contributed by atoms with E-state index >= 15 is 0 Å². The lowest BCUT2D eigenvalue weighted by molar-refractivity contribution is -0.113. The van der Waals surface area contributed by atoms with Gasteiger partial charge in [0.05, 0.1) is 18.3 Å². The lowest BCUT2D eigenvalue weighted by Gasteiger charge is -2.19. The summed E-state index contributed by atoms with van der Waals surface area (Å²) in [5.41, 5.74) is 2.97. The van der Waals surface area contributed by atoms with Crippen LogP contribution in [0.1, 0.15) is 18.2 Å². The number of aliphatic hydroxyl groups excluding tert-OH is 1. The molecule has 0 bridgehead atoms. The fraction of sp³-hybridized carbons (Fsp3) is 0.417. The van der Waals surface area contributed by atoms with Crippen LogP contribution in [0.25, 0.3) is 6.08 Å². The highest BCUT2D eigenvalue weighted by atomic mass is 31.3. The average molecular weight is 537 g/mol. The van der Waals surface area contributed by atoms with Gasteiger partial charge >= 0.3 is 29.2 Å². The highest BCUT2D eigenvalue weighted by molar-refractivity contribution is 7.66. The first-order valence-corrected chi connectivity index (χ1v) is 12.9. The van der Waals surface area contributed by atoms with Gasteiger partial charge in [0.25, 0.3) is 5.56 Å². The molecule has 1 aliphatic heterocycles. The van der Waals surface area contributed by atoms with Gasteiger partial charge in [0.15, 0.2) is 0 Å². The van der Waals surface area contributed by atoms with Crippen LogP contribution in [0, 0.1) is 0 Å². The van der Waals surface area contributed by atoms with Crippen molar-refractivity contribution in [2.24, 2.45) is 5.73 Å². The molecule has 2 rings (SSSR count). The van der Waals surface area contributed by atoms with E-state index in [-0.39, 0.29) is 12.0 Å². The van der Waals surface area contributed by atoms with Gasteiger partial charge in [-0.15, -0.1) is 0 Å². The number of amides is 1. The number of nitrogens with two attached hydrogens (primary N) is 1. The van der Waals surface area contributed by atoms with E-state index in [1.54, 1.807) is 0 Å². The van der Waals surface area contributed by atoms with Crippen LogP contribution in [0.2, 0.25) is 0 Å². The lowest BCUT2D eigenvalue weighted by Crippen LogP contribution is -2.33. The summed E-state index contributed by atoms with van der Waals surface area (Å²) in [5.74, 6) is -0.869. The Hall–Kier alpha value is -1.78. The van der Waals surface area contributed by atoms with Crippen molar-refractivity contribution >= 4 is 35.5 Å². The molecule has 1 aliphatic rings. The first kappa shape index (κ1) is 27.5. The zero-order valence-electron chi connectivity index (χ0n) is 16.1. The number of carbonyl (C=O) groups is 1. The number of rotatable bonds is 10. The van der Waals surface area contributed by atoms with E-state index in [0.29, 0.717) is 0 Å². The number of aromatic nitrogens is 2. The first-order valence-electron chi connectivity index (χ1n) is 8.43. The molecule has 0 aromatic carbocycles. The van der Waals surface area contributed by atoms with Crippen molar-refractivity contribution in [2.75, 3.05) is 6.61 Å². The number of aromatic amines is 1. The monoisotopic (exact) mass is 537 g/mol. The number of H-pyrrole nitrogens is 1. The number of hydrogen-bond donors (Lipinski definition) is 7. The molecule has 1 aromatic rings. The molecule has 0 radical (unpaired) electrons. The van der Waals surface area contributed by atoms with Crippen LogP contribution < -0.4 is 17.0 Å². The Morgan fingerprint density at radius 3 is 2.42 bits per heavy atom. The second-order valence-corrected chi connectivity index (χ2v) is 10.7. The number of hydrogen-bond acceptors (Lipinski definition) is 11. The van der Waals surface area contributed by atoms with E-state index in [9.17, 15) is 38.1 Å². The summed E-state index contributed by atoms with van der Waals surface area (Å²) in [4.78, 5) is 72.2. The number of aliphatic hydroxyl groups is 1. The molecule has 1 amide bonds. The van der Waals surface area contributed by atoms with Gasteiger partial charge < -0.3 is 35.2 Å². The number of phosphoric ester groups is 1. The molecule has 18 nitrogen and oxygen atoms in total. The number of carbonyl (C=O) groups excluding carboxylic acids is 1. The highest BCUT2D eigenvalue weighted by Crippen LogP contribution is 2.66. The number of nitrogens with zero attached hydrogens (tertiary/aromatic N) is 1. The van der Waals surface area contributed by atoms with Gasteiger partial charge in [-0.05, 0) is 6.08 Å². The highest BCUT2D eigenvalue weighted by Gasteiger charge is 2.43. The molecule has 1 fully saturated rings. The van der Waals surface area contributed by atoms with Crippen LogP contribution in [0.3, 0.4) is 0 Å². The molecule has 2 heterocycles. The van der Waals surface area contributed by atoms with Crippen LogP contribution >= 0.6 is 23.5 Å². The normalized spacial score (nSPS) is 25.1. The van der Waals surface area contributed by atoms with E-state index in [2.05, 4.69) is 13.1 Å². The second kappa shape index (κ2) is 10.2. The molecule has 186 valence electrons. The molecule has 5 atom stereocenters. The van der Waals surface area contributed by atoms with Crippen LogP contribution in [0.15, 0.2) is 21.9 Å². The Balaban J connectivity index is 2.10. The second-order valence-electron chi connectivity index (χ2n) is 6.31. The molecule has 2 unspecified atom stereocenters. The first-order chi connectivity index (χ1) is 15.0. The SMILES string of the molecule is NC(=O)C=Cc1cn([C@H]2C[C@H](O)[C@@H](COP(=O)(O)OP(=O)(O)OP(=O)(O)O)O2)c(=O)[nH]c1=O. The molecular formula is C12H18N3O15P3. The van der Waals surface area contributed by atoms with E-state index in [1.165, 1.54) is 0 Å². The van der Waals surface area contributed by atoms with Gasteiger partial charge in [0.2, 0.25) is 5.91 Å². The van der Waals surface area contributed by atoms with Crippen LogP contribution in [0.4, 0.5) is 0 Å². The van der Waals surface area contributed by atoms with Gasteiger partial charge in [0.1, 0.15) is 12.3 Å². The predicted octanol–water partition coefficient (Wildman–Crippen LogP) is -1.97. The smallest absolute Gasteiger partial charge is 0.390 e. The zero-order chi connectivity index (χ0) is 25.2. The van der Waals surface area contributed by atoms with Gasteiger partial charge in [-0.3, -0.25) is 23.7 Å². The molecule has 1 aromatic heterocycles. The third kappa shape index (κ3) is 8.50. The zero-order valence-corrected chi connectivity index (χ0v) is 18.7. The summed E-state index contributed by atoms with van der Waals surface area (Å²) < 4.78 is 51.3. The van der Waals surface area contributed by atoms with Crippen molar-refractivity contribution in [1.29, 1.82) is 0 Å². The fourth-order valence-corrected chi connectivity index (χ4v) is 5.54. The minimum atomic E-state index is -5.73. The van der Waals surface area contributed by atoms with Crippen molar-refractivity contribution in [3.05, 3.63) is 38.7 Å². The van der Waals surface area contributed by atoms with Crippen molar-refractivity contribution in [3.8, 4) is 0 Å². The van der Waals surface area contributed by atoms with Crippen LogP contribution in [-0.4, -0.2) is 59.0 Å². The minimum absolute atomic E-state index is 0.164. The molecular weight excluding hydrogens is 519 g/mol. The Morgan fingerprint density at radius 2 is 1.85 bits per heavy atom. The fourth-order valence-electron chi connectivity index (χ4n) is 2.51. The van der Waals surface area contributed by atoms with Crippen molar-refractivity contribution in [3.63, 3.8) is 0 Å². The Kier molecular flexibility index (Phi) is 8.51. The maximum Gasteiger partial charge on any atom is 0.490 e. The van der Waals surface area contributed by atoms with E-state index in [1.807, 2.05) is 4.98 Å². The maximum atomic E-state index is 12.1. The third-order valence-electron chi connectivity index (χ3n) is 3.75. The molecule has 8 N–H and O–H groups in total. The maximum absolute atomic E-state index is 12.1. The number of phosphoric acid groups is 3. The number of primary amides is 1. The Bertz CT molecular complexity index is 1180. The summed E-state index contributed by atoms with van der Waals surface area (Å²) in [6.07, 6.45) is -1.43. The minimum Gasteiger partial charge on any atom is -0.390 e. The van der Waals surface area contributed by atoms with E-state index in [4.69, 9.17) is 25.2 Å². The van der Waals surface area contributed by atoms with Gasteiger partial charge in [-0.2, -0.15) is 8.62 Å². The molecule has 1 saturated heterocycles. The summed E-state index contributed by atoms with van der Waals surface area (Å²) >= 11 is 0. The molecule has 0 saturated carbocycles. The van der Waals surface area contributed by atoms with E-state index < -0.39 is 65.7 Å². The molecule has 0 aliphatic carbocycles. The molecule has 21 heteroatoms. The van der Waals surface area contributed by atoms with Crippen molar-refractivity contribution < 1.29 is 61.1 Å². The predicted molar refractivity (Wildman–Crippen MR) is 104 cm³/mol. The Labute approximate surface area is 182 Å². The average Bonchev–Trinajstić information content (AvgIpc) is 2.96. The van der Waals surface area contributed by atoms with Crippen molar-refractivity contribution in [2.45, 2.75) is 24.9 Å². The summed E-state index contributed by atoms with van der Waals surface area (Å²) in [6.45, 7) is -0.951. The third-order valence-corrected chi connectivity index (χ3v) is 7.56. The number of nitrogens with one attached hydrogen (secondary N) is 1. The topological polar surface area (TPSA) is 287 Å². The summed E-state index contributed by atoms with van der Waals surface area (Å²) in [5, 5.41) is 10.1. The van der Waals surface area contributed by atoms with Gasteiger partial charge in [-0.25, -0.2) is 18.5 Å². The van der Waals surface area contributed by atoms with Gasteiger partial charge in [0, 0.05) is 18.7 Å². The Morgan fingerprint density at radius 1 is 1.21 bits per heavy atom.